The van der Waals surface area contributed by atoms with Crippen LogP contribution in [0.2, 0.25) is 0 Å². The van der Waals surface area contributed by atoms with E-state index in [9.17, 15) is 4.79 Å². The smallest absolute Gasteiger partial charge is 0.273 e. The topological polar surface area (TPSA) is 49.3 Å². The first-order valence-corrected chi connectivity index (χ1v) is 8.49. The van der Waals surface area contributed by atoms with Crippen LogP contribution in [0.5, 0.6) is 0 Å². The number of aromatic nitrogens is 2. The van der Waals surface area contributed by atoms with Crippen LogP contribution in [0, 0.1) is 0 Å². The Balaban J connectivity index is 1.61. The summed E-state index contributed by atoms with van der Waals surface area (Å²) < 4.78 is 0. The van der Waals surface area contributed by atoms with Crippen molar-refractivity contribution in [3.63, 3.8) is 0 Å². The summed E-state index contributed by atoms with van der Waals surface area (Å²) in [5.41, 5.74) is 3.44. The van der Waals surface area contributed by atoms with Gasteiger partial charge in [0, 0.05) is 26.2 Å². The fraction of sp³-hybridized carbons (Fsp3) is 0.421. The van der Waals surface area contributed by atoms with Crippen molar-refractivity contribution in [3.05, 3.63) is 53.2 Å². The second-order valence-electron chi connectivity index (χ2n) is 7.08. The van der Waals surface area contributed by atoms with Gasteiger partial charge in [0.2, 0.25) is 0 Å². The van der Waals surface area contributed by atoms with Gasteiger partial charge in [-0.05, 0) is 48.9 Å². The van der Waals surface area contributed by atoms with E-state index >= 15 is 0 Å². The molecule has 2 aliphatic rings. The summed E-state index contributed by atoms with van der Waals surface area (Å²) >= 11 is 0. The molecule has 1 aliphatic carbocycles. The lowest BCUT2D eigenvalue weighted by Crippen LogP contribution is -2.45. The molecule has 0 atom stereocenters. The molecule has 1 saturated heterocycles. The lowest BCUT2D eigenvalue weighted by Gasteiger charge is -2.35. The van der Waals surface area contributed by atoms with E-state index in [1.54, 1.807) is 20.2 Å². The lowest BCUT2D eigenvalue weighted by molar-refractivity contribution is 0.0821. The molecule has 1 aliphatic heterocycles. The van der Waals surface area contributed by atoms with E-state index in [0.717, 1.165) is 25.2 Å². The van der Waals surface area contributed by atoms with Crippen LogP contribution in [0.15, 0.2) is 36.4 Å². The molecule has 0 saturated carbocycles. The molecule has 124 valence electrons. The van der Waals surface area contributed by atoms with Crippen molar-refractivity contribution in [2.24, 2.45) is 0 Å². The minimum Gasteiger partial charge on any atom is -0.349 e. The normalized spacial score (nSPS) is 18.0. The van der Waals surface area contributed by atoms with Crippen molar-refractivity contribution < 1.29 is 4.79 Å². The van der Waals surface area contributed by atoms with Gasteiger partial charge < -0.3 is 9.80 Å². The summed E-state index contributed by atoms with van der Waals surface area (Å²) in [4.78, 5) is 15.9. The molecule has 1 amide bonds. The minimum atomic E-state index is -0.113. The maximum absolute atomic E-state index is 12.0. The second-order valence-corrected chi connectivity index (χ2v) is 7.08. The van der Waals surface area contributed by atoms with Gasteiger partial charge in [0.05, 0.1) is 0 Å². The van der Waals surface area contributed by atoms with E-state index in [2.05, 4.69) is 39.4 Å². The number of nitrogens with zero attached hydrogens (tertiary/aromatic N) is 4. The summed E-state index contributed by atoms with van der Waals surface area (Å²) in [5, 5.41) is 8.54. The number of hydrogen-bond acceptors (Lipinski definition) is 4. The average molecular weight is 322 g/mol. The molecule has 0 unspecified atom stereocenters. The number of hydrogen-bond donors (Lipinski definition) is 0. The molecule has 1 spiro atoms. The van der Waals surface area contributed by atoms with Crippen LogP contribution in [0.25, 0.3) is 0 Å². The predicted octanol–water partition coefficient (Wildman–Crippen LogP) is 2.32. The fourth-order valence-electron chi connectivity index (χ4n) is 4.15. The zero-order valence-electron chi connectivity index (χ0n) is 14.2. The monoisotopic (exact) mass is 322 g/mol. The van der Waals surface area contributed by atoms with Crippen molar-refractivity contribution in [2.45, 2.75) is 31.2 Å². The Morgan fingerprint density at radius 1 is 1.08 bits per heavy atom. The van der Waals surface area contributed by atoms with Gasteiger partial charge in [-0.15, -0.1) is 10.2 Å². The van der Waals surface area contributed by atoms with Crippen molar-refractivity contribution in [2.75, 3.05) is 25.5 Å². The Kier molecular flexibility index (Phi) is 3.52. The molecule has 0 N–H and O–H groups in total. The van der Waals surface area contributed by atoms with E-state index in [-0.39, 0.29) is 11.4 Å². The molecule has 1 aromatic carbocycles. The van der Waals surface area contributed by atoms with Crippen LogP contribution in [-0.4, -0.2) is 47.2 Å². The number of fused-ring (bicyclic) bond motifs is 1. The summed E-state index contributed by atoms with van der Waals surface area (Å²) in [6.07, 6.45) is 4.50. The molecule has 5 nitrogen and oxygen atoms in total. The van der Waals surface area contributed by atoms with Gasteiger partial charge in [-0.2, -0.15) is 0 Å². The van der Waals surface area contributed by atoms with Crippen molar-refractivity contribution in [1.82, 2.24) is 15.1 Å². The van der Waals surface area contributed by atoms with Gasteiger partial charge in [0.1, 0.15) is 0 Å². The Bertz CT molecular complexity index is 744. The zero-order valence-corrected chi connectivity index (χ0v) is 14.2. The highest BCUT2D eigenvalue weighted by atomic mass is 16.2. The van der Waals surface area contributed by atoms with Crippen LogP contribution >= 0.6 is 0 Å². The highest BCUT2D eigenvalue weighted by Crippen LogP contribution is 2.43. The fourth-order valence-corrected chi connectivity index (χ4v) is 4.15. The van der Waals surface area contributed by atoms with Gasteiger partial charge in [0.15, 0.2) is 11.5 Å². The van der Waals surface area contributed by atoms with Gasteiger partial charge >= 0.3 is 0 Å². The first-order chi connectivity index (χ1) is 11.6. The molecular formula is C19H22N4O. The molecule has 2 aromatic rings. The lowest BCUT2D eigenvalue weighted by atomic mass is 9.92. The van der Waals surface area contributed by atoms with Crippen LogP contribution < -0.4 is 4.90 Å². The third-order valence-corrected chi connectivity index (χ3v) is 5.31. The largest absolute Gasteiger partial charge is 0.349 e. The summed E-state index contributed by atoms with van der Waals surface area (Å²) in [7, 11) is 3.45. The minimum absolute atomic E-state index is 0.113. The zero-order chi connectivity index (χ0) is 16.7. The number of benzene rings is 1. The molecule has 5 heteroatoms. The molecule has 1 fully saturated rings. The highest BCUT2D eigenvalue weighted by Gasteiger charge is 2.45. The van der Waals surface area contributed by atoms with E-state index in [4.69, 9.17) is 0 Å². The second kappa shape index (κ2) is 5.58. The molecule has 4 rings (SSSR count). The number of carbonyl (C=O) groups excluding carboxylic acids is 1. The molecule has 0 bridgehead atoms. The molecule has 1 aromatic heterocycles. The van der Waals surface area contributed by atoms with Crippen LogP contribution in [-0.2, 0) is 12.8 Å². The molecule has 24 heavy (non-hydrogen) atoms. The first-order valence-electron chi connectivity index (χ1n) is 8.49. The standard InChI is InChI=1S/C19H22N4O/c1-22(2)18(24)16-8-9-17(21-20-16)23-11-5-10-19(23)12-14-6-3-4-7-15(14)13-19/h3-4,6-9H,5,10-13H2,1-2H3. The Labute approximate surface area is 142 Å². The summed E-state index contributed by atoms with van der Waals surface area (Å²) in [6.45, 7) is 1.00. The SMILES string of the molecule is CN(C)C(=O)c1ccc(N2CCCC23Cc2ccccc2C3)nn1. The molecule has 2 heterocycles. The Morgan fingerprint density at radius 3 is 2.38 bits per heavy atom. The average Bonchev–Trinajstić information content (AvgIpc) is 3.17. The van der Waals surface area contributed by atoms with Gasteiger partial charge in [-0.25, -0.2) is 0 Å². The van der Waals surface area contributed by atoms with E-state index in [1.165, 1.54) is 28.9 Å². The van der Waals surface area contributed by atoms with Crippen molar-refractivity contribution in [3.8, 4) is 0 Å². The van der Waals surface area contributed by atoms with E-state index in [0.29, 0.717) is 5.69 Å². The number of carbonyl (C=O) groups is 1. The van der Waals surface area contributed by atoms with Crippen LogP contribution in [0.3, 0.4) is 0 Å². The quantitative estimate of drug-likeness (QED) is 0.851. The first kappa shape index (κ1) is 15.1. The van der Waals surface area contributed by atoms with Gasteiger partial charge in [-0.1, -0.05) is 24.3 Å². The number of rotatable bonds is 2. The third-order valence-electron chi connectivity index (χ3n) is 5.31. The Morgan fingerprint density at radius 2 is 1.79 bits per heavy atom. The number of amides is 1. The van der Waals surface area contributed by atoms with E-state index in [1.807, 2.05) is 6.07 Å². The predicted molar refractivity (Wildman–Crippen MR) is 93.2 cm³/mol. The van der Waals surface area contributed by atoms with Crippen molar-refractivity contribution >= 4 is 11.7 Å². The maximum Gasteiger partial charge on any atom is 0.273 e. The highest BCUT2D eigenvalue weighted by molar-refractivity contribution is 5.91. The summed E-state index contributed by atoms with van der Waals surface area (Å²) in [6, 6.07) is 12.5. The van der Waals surface area contributed by atoms with Crippen molar-refractivity contribution in [1.29, 1.82) is 0 Å². The number of anilines is 1. The van der Waals surface area contributed by atoms with Crippen LogP contribution in [0.1, 0.15) is 34.5 Å². The molecular weight excluding hydrogens is 300 g/mol. The third kappa shape index (κ3) is 2.35. The van der Waals surface area contributed by atoms with Gasteiger partial charge in [0.25, 0.3) is 5.91 Å². The Hall–Kier alpha value is -2.43. The maximum atomic E-state index is 12.0. The molecule has 0 radical (unpaired) electrons. The summed E-state index contributed by atoms with van der Waals surface area (Å²) in [5.74, 6) is 0.772. The van der Waals surface area contributed by atoms with Gasteiger partial charge in [-0.3, -0.25) is 4.79 Å². The van der Waals surface area contributed by atoms with E-state index < -0.39 is 0 Å². The van der Waals surface area contributed by atoms with Crippen LogP contribution in [0.4, 0.5) is 5.82 Å².